The van der Waals surface area contributed by atoms with Gasteiger partial charge in [-0.3, -0.25) is 14.4 Å². The summed E-state index contributed by atoms with van der Waals surface area (Å²) in [4.78, 5) is 80.3. The van der Waals surface area contributed by atoms with Gasteiger partial charge in [0.15, 0.2) is 0 Å². The summed E-state index contributed by atoms with van der Waals surface area (Å²) in [6.07, 6.45) is 0.751. The van der Waals surface area contributed by atoms with Gasteiger partial charge in [0.25, 0.3) is 0 Å². The van der Waals surface area contributed by atoms with Crippen LogP contribution in [-0.2, 0) is 58.8 Å². The van der Waals surface area contributed by atoms with Crippen LogP contribution >= 0.6 is 0 Å². The SMILES string of the molecule is CN(C(=O)C1=CC2OCOC2C(OC(=O)c2ccccc2C=CC(=O)OC2C(=O)OCC2(C)C)C1)C(Cc1ccccc1)C(=O)NC(CO)CCC(=O)OC(C)(C)C. The Bertz CT molecular complexity index is 1900. The van der Waals surface area contributed by atoms with Gasteiger partial charge in [0, 0.05) is 43.4 Å². The maximum Gasteiger partial charge on any atom is 0.348 e. The maximum absolute atomic E-state index is 14.3. The third kappa shape index (κ3) is 11.4. The summed E-state index contributed by atoms with van der Waals surface area (Å²) in [6.45, 7) is 8.31. The Hall–Kier alpha value is -5.38. The summed E-state index contributed by atoms with van der Waals surface area (Å²) < 4.78 is 33.3. The van der Waals surface area contributed by atoms with Crippen molar-refractivity contribution < 1.29 is 62.3 Å². The van der Waals surface area contributed by atoms with E-state index in [0.29, 0.717) is 5.56 Å². The Kier molecular flexibility index (Phi) is 14.3. The Labute approximate surface area is 337 Å². The van der Waals surface area contributed by atoms with Crippen molar-refractivity contribution in [3.8, 4) is 0 Å². The zero-order valence-electron chi connectivity index (χ0n) is 33.6. The number of esters is 4. The van der Waals surface area contributed by atoms with Crippen LogP contribution in [0.15, 0.2) is 72.3 Å². The molecule has 2 heterocycles. The monoisotopic (exact) mass is 804 g/mol. The van der Waals surface area contributed by atoms with Crippen LogP contribution in [0.4, 0.5) is 0 Å². The third-order valence-electron chi connectivity index (χ3n) is 9.90. The number of benzene rings is 2. The highest BCUT2D eigenvalue weighted by Gasteiger charge is 2.47. The van der Waals surface area contributed by atoms with E-state index in [0.717, 1.165) is 11.6 Å². The molecule has 58 heavy (non-hydrogen) atoms. The van der Waals surface area contributed by atoms with Gasteiger partial charge in [0.05, 0.1) is 18.2 Å². The van der Waals surface area contributed by atoms with E-state index in [2.05, 4.69) is 5.32 Å². The van der Waals surface area contributed by atoms with Crippen molar-refractivity contribution in [1.82, 2.24) is 10.2 Å². The number of likely N-dealkylation sites (N-methyl/N-ethyl adjacent to an activating group) is 1. The molecule has 2 aromatic rings. The summed E-state index contributed by atoms with van der Waals surface area (Å²) in [5.74, 6) is -3.70. The van der Waals surface area contributed by atoms with E-state index in [9.17, 15) is 33.9 Å². The van der Waals surface area contributed by atoms with Gasteiger partial charge < -0.3 is 43.7 Å². The number of cyclic esters (lactones) is 1. The largest absolute Gasteiger partial charge is 0.462 e. The zero-order chi connectivity index (χ0) is 42.2. The average Bonchev–Trinajstić information content (AvgIpc) is 3.77. The minimum absolute atomic E-state index is 0.0390. The molecule has 2 saturated heterocycles. The standard InChI is InChI=1S/C43H52N2O13/c1-42(2,3)58-35(48)19-17-29(23-46)44-38(49)31(20-26-12-8-7-9-13-26)45(6)39(50)28-21-32-36(55-25-54-32)33(22-28)56-40(51)30-15-11-10-14-27(30)16-18-34(47)57-37-41(52)53-24-43(37,4)5/h7-16,18,21,29,31-33,36-37,46H,17,19-20,22-25H2,1-6H3,(H,44,49). The van der Waals surface area contributed by atoms with Crippen LogP contribution in [0.25, 0.3) is 6.08 Å². The number of hydrogen-bond donors (Lipinski definition) is 2. The quantitative estimate of drug-likeness (QED) is 0.151. The van der Waals surface area contributed by atoms with Crippen LogP contribution in [0.3, 0.4) is 0 Å². The number of aliphatic hydroxyl groups is 1. The molecule has 2 amide bonds. The number of carbonyl (C=O) groups is 6. The lowest BCUT2D eigenvalue weighted by Crippen LogP contribution is -2.53. The number of nitrogens with zero attached hydrogens (tertiary/aromatic N) is 1. The van der Waals surface area contributed by atoms with E-state index in [4.69, 9.17) is 28.4 Å². The molecule has 2 aliphatic heterocycles. The lowest BCUT2D eigenvalue weighted by molar-refractivity contribution is -0.159. The van der Waals surface area contributed by atoms with Gasteiger partial charge in [0.1, 0.15) is 43.4 Å². The first-order valence-corrected chi connectivity index (χ1v) is 19.2. The normalized spacial score (nSPS) is 22.2. The molecular formula is C43H52N2O13. The number of hydrogen-bond acceptors (Lipinski definition) is 13. The van der Waals surface area contributed by atoms with Gasteiger partial charge in [-0.1, -0.05) is 62.4 Å². The second-order valence-corrected chi connectivity index (χ2v) is 16.2. The van der Waals surface area contributed by atoms with Gasteiger partial charge in [-0.25, -0.2) is 14.4 Å². The van der Waals surface area contributed by atoms with Crippen LogP contribution in [0.2, 0.25) is 0 Å². The number of ether oxygens (including phenoxy) is 6. The summed E-state index contributed by atoms with van der Waals surface area (Å²) in [6, 6.07) is 13.7. The van der Waals surface area contributed by atoms with Gasteiger partial charge in [0.2, 0.25) is 17.9 Å². The summed E-state index contributed by atoms with van der Waals surface area (Å²) in [5.41, 5.74) is 0.0733. The van der Waals surface area contributed by atoms with Crippen molar-refractivity contribution in [1.29, 1.82) is 0 Å². The third-order valence-corrected chi connectivity index (χ3v) is 9.90. The molecule has 3 aliphatic rings. The van der Waals surface area contributed by atoms with Crippen LogP contribution in [0.5, 0.6) is 0 Å². The fourth-order valence-electron chi connectivity index (χ4n) is 6.79. The lowest BCUT2D eigenvalue weighted by Gasteiger charge is -2.34. The van der Waals surface area contributed by atoms with Crippen LogP contribution < -0.4 is 5.32 Å². The topological polar surface area (TPSA) is 193 Å². The summed E-state index contributed by atoms with van der Waals surface area (Å²) >= 11 is 0. The molecule has 5 rings (SSSR count). The van der Waals surface area contributed by atoms with Crippen LogP contribution in [0, 0.1) is 5.41 Å². The second-order valence-electron chi connectivity index (χ2n) is 16.2. The molecule has 0 saturated carbocycles. The predicted molar refractivity (Wildman–Crippen MR) is 207 cm³/mol. The fraction of sp³-hybridized carbons (Fsp3) is 0.488. The fourth-order valence-corrected chi connectivity index (χ4v) is 6.79. The first-order chi connectivity index (χ1) is 27.5. The van der Waals surface area contributed by atoms with Crippen molar-refractivity contribution >= 4 is 41.8 Å². The number of carbonyl (C=O) groups excluding carboxylic acids is 6. The van der Waals surface area contributed by atoms with Crippen molar-refractivity contribution in [2.45, 2.75) is 102 Å². The predicted octanol–water partition coefficient (Wildman–Crippen LogP) is 3.46. The van der Waals surface area contributed by atoms with Crippen LogP contribution in [0.1, 0.15) is 75.4 Å². The van der Waals surface area contributed by atoms with Crippen molar-refractivity contribution in [2.24, 2.45) is 5.41 Å². The lowest BCUT2D eigenvalue weighted by atomic mass is 9.90. The van der Waals surface area contributed by atoms with Crippen LogP contribution in [-0.4, -0.2) is 115 Å². The van der Waals surface area contributed by atoms with E-state index >= 15 is 0 Å². The number of rotatable bonds is 15. The first-order valence-electron chi connectivity index (χ1n) is 19.2. The Morgan fingerprint density at radius 2 is 1.72 bits per heavy atom. The molecule has 0 bridgehead atoms. The van der Waals surface area contributed by atoms with E-state index in [1.54, 1.807) is 58.9 Å². The van der Waals surface area contributed by atoms with E-state index in [1.165, 1.54) is 24.1 Å². The molecule has 0 radical (unpaired) electrons. The zero-order valence-corrected chi connectivity index (χ0v) is 33.6. The van der Waals surface area contributed by atoms with Gasteiger partial charge in [-0.15, -0.1) is 0 Å². The summed E-state index contributed by atoms with van der Waals surface area (Å²) in [7, 11) is 1.49. The number of aliphatic hydroxyl groups excluding tert-OH is 1. The highest BCUT2D eigenvalue weighted by atomic mass is 16.7. The first kappa shape index (κ1) is 43.7. The van der Waals surface area contributed by atoms with Gasteiger partial charge >= 0.3 is 23.9 Å². The van der Waals surface area contributed by atoms with Crippen molar-refractivity contribution in [3.05, 3.63) is 89.0 Å². The molecule has 2 aromatic carbocycles. The number of nitrogens with one attached hydrogen (secondary N) is 1. The Morgan fingerprint density at radius 3 is 2.40 bits per heavy atom. The minimum atomic E-state index is -1.07. The minimum Gasteiger partial charge on any atom is -0.462 e. The second kappa shape index (κ2) is 18.9. The number of fused-ring (bicyclic) bond motifs is 1. The van der Waals surface area contributed by atoms with E-state index < -0.39 is 89.8 Å². The summed E-state index contributed by atoms with van der Waals surface area (Å²) in [5, 5.41) is 12.9. The molecule has 0 spiro atoms. The molecule has 1 aliphatic carbocycles. The average molecular weight is 805 g/mol. The van der Waals surface area contributed by atoms with E-state index in [1.807, 2.05) is 30.3 Å². The molecule has 2 N–H and O–H groups in total. The molecule has 6 unspecified atom stereocenters. The molecule has 312 valence electrons. The molecule has 2 fully saturated rings. The maximum atomic E-state index is 14.3. The van der Waals surface area contributed by atoms with Crippen molar-refractivity contribution in [3.63, 3.8) is 0 Å². The number of amides is 2. The van der Waals surface area contributed by atoms with Gasteiger partial charge in [-0.2, -0.15) is 0 Å². The van der Waals surface area contributed by atoms with Gasteiger partial charge in [-0.05, 0) is 56.5 Å². The van der Waals surface area contributed by atoms with E-state index in [-0.39, 0.29) is 50.2 Å². The smallest absolute Gasteiger partial charge is 0.348 e. The van der Waals surface area contributed by atoms with Crippen molar-refractivity contribution in [2.75, 3.05) is 27.1 Å². The molecule has 6 atom stereocenters. The molecule has 15 heteroatoms. The Morgan fingerprint density at radius 1 is 1.02 bits per heavy atom. The highest BCUT2D eigenvalue weighted by Crippen LogP contribution is 2.33. The highest BCUT2D eigenvalue weighted by molar-refractivity contribution is 5.98. The molecule has 0 aromatic heterocycles. The molecular weight excluding hydrogens is 752 g/mol. The Balaban J connectivity index is 1.29. The molecule has 15 nitrogen and oxygen atoms in total.